The normalized spacial score (nSPS) is 15.8. The minimum absolute atomic E-state index is 0.0194. The third-order valence-electron chi connectivity index (χ3n) is 16.1. The Balaban J connectivity index is 2.17. The molecule has 0 atom stereocenters. The van der Waals surface area contributed by atoms with E-state index in [0.717, 1.165) is 48.3 Å². The third-order valence-corrected chi connectivity index (χ3v) is 16.8. The summed E-state index contributed by atoms with van der Waals surface area (Å²) in [4.78, 5) is 0. The van der Waals surface area contributed by atoms with Crippen LogP contribution in [0.5, 0.6) is 11.5 Å². The van der Waals surface area contributed by atoms with Gasteiger partial charge in [-0.2, -0.15) is 0 Å². The molecule has 380 valence electrons. The monoisotopic (exact) mass is 935 g/mol. The van der Waals surface area contributed by atoms with Gasteiger partial charge in [-0.1, -0.05) is 294 Å². The van der Waals surface area contributed by atoms with Crippen molar-refractivity contribution >= 4 is 8.69 Å². The Morgan fingerprint density at radius 2 is 0.621 bits per heavy atom. The lowest BCUT2D eigenvalue weighted by Crippen LogP contribution is -2.26. The van der Waals surface area contributed by atoms with Gasteiger partial charge in [0.2, 0.25) is 0 Å². The minimum Gasteiger partial charge on any atom is -0.414 e. The number of rotatable bonds is 36. The van der Waals surface area contributed by atoms with Crippen LogP contribution >= 0.6 is 8.69 Å². The van der Waals surface area contributed by atoms with Crippen LogP contribution in [0.25, 0.3) is 0 Å². The molecule has 1 heterocycles. The molecule has 1 aliphatic rings. The van der Waals surface area contributed by atoms with Crippen LogP contribution in [-0.2, 0) is 21.7 Å². The first-order valence-corrected chi connectivity index (χ1v) is 29.7. The summed E-state index contributed by atoms with van der Waals surface area (Å²) in [7, 11) is -2.72. The maximum absolute atomic E-state index is 17.1. The van der Waals surface area contributed by atoms with Crippen molar-refractivity contribution in [3.8, 4) is 11.5 Å². The maximum atomic E-state index is 17.1. The molecule has 0 spiro atoms. The number of hydrogen-bond donors (Lipinski definition) is 0. The Morgan fingerprint density at radius 1 is 0.379 bits per heavy atom. The van der Waals surface area contributed by atoms with Crippen molar-refractivity contribution in [3.63, 3.8) is 0 Å². The lowest BCUT2D eigenvalue weighted by atomic mass is 9.70. The fourth-order valence-corrected chi connectivity index (χ4v) is 11.7. The van der Waals surface area contributed by atoms with Gasteiger partial charge in [-0.05, 0) is 58.5 Å². The van der Waals surface area contributed by atoms with E-state index in [9.17, 15) is 0 Å². The zero-order valence-corrected chi connectivity index (χ0v) is 47.1. The molecule has 3 rings (SSSR count). The molecule has 0 amide bonds. The Kier molecular flexibility index (Phi) is 26.9. The predicted octanol–water partition coefficient (Wildman–Crippen LogP) is 22.5. The van der Waals surface area contributed by atoms with E-state index in [-0.39, 0.29) is 27.6 Å². The van der Waals surface area contributed by atoms with Crippen LogP contribution in [0.15, 0.2) is 24.3 Å². The lowest BCUT2D eigenvalue weighted by molar-refractivity contribution is 0.380. The van der Waals surface area contributed by atoms with Gasteiger partial charge in [0.05, 0.1) is 0 Å². The van der Waals surface area contributed by atoms with Crippen molar-refractivity contribution in [2.75, 3.05) is 0 Å². The third kappa shape index (κ3) is 19.3. The Bertz CT molecular complexity index is 1500. The van der Waals surface area contributed by atoms with Crippen molar-refractivity contribution in [2.24, 2.45) is 0 Å². The van der Waals surface area contributed by atoms with Crippen molar-refractivity contribution in [2.45, 2.75) is 323 Å². The summed E-state index contributed by atoms with van der Waals surface area (Å²) < 4.78 is 30.4. The highest BCUT2D eigenvalue weighted by atomic mass is 31.2. The molecule has 1 aliphatic heterocycles. The van der Waals surface area contributed by atoms with Crippen LogP contribution in [0, 0.1) is 0 Å². The molecule has 2 aromatic carbocycles. The summed E-state index contributed by atoms with van der Waals surface area (Å²) >= 11 is 0. The highest BCUT2D eigenvalue weighted by Gasteiger charge is 2.39. The summed E-state index contributed by atoms with van der Waals surface area (Å²) in [5.41, 5.74) is 7.01. The SMILES string of the molecule is CCCCCCCCCC(C)(C)c1cc2c(c(C(C)(C)CCCCCCCCC)c1)OP(F)Oc1c(cc(C(C)(C)CCCCCCCCC)cc1C(C)(C)CCCCCCCCC)C2C. The van der Waals surface area contributed by atoms with Crippen molar-refractivity contribution < 1.29 is 13.2 Å². The predicted molar refractivity (Wildman–Crippen MR) is 292 cm³/mol. The van der Waals surface area contributed by atoms with E-state index in [4.69, 9.17) is 9.05 Å². The van der Waals surface area contributed by atoms with E-state index in [1.807, 2.05) is 0 Å². The molecule has 0 saturated carbocycles. The van der Waals surface area contributed by atoms with Gasteiger partial charge in [-0.25, -0.2) is 0 Å². The van der Waals surface area contributed by atoms with Crippen LogP contribution in [0.4, 0.5) is 4.20 Å². The molecule has 0 aliphatic carbocycles. The topological polar surface area (TPSA) is 18.5 Å². The van der Waals surface area contributed by atoms with Crippen LogP contribution < -0.4 is 9.05 Å². The van der Waals surface area contributed by atoms with E-state index < -0.39 is 8.69 Å². The van der Waals surface area contributed by atoms with Crippen LogP contribution in [0.2, 0.25) is 0 Å². The molecular weight excluding hydrogens is 827 g/mol. The van der Waals surface area contributed by atoms with Crippen LogP contribution in [0.3, 0.4) is 0 Å². The second-order valence-electron chi connectivity index (χ2n) is 24.0. The smallest absolute Gasteiger partial charge is 0.414 e. The molecule has 0 unspecified atom stereocenters. The molecular formula is C62H108FO2P. The summed E-state index contributed by atoms with van der Waals surface area (Å²) in [6.45, 7) is 31.0. The molecule has 0 bridgehead atoms. The first kappa shape index (κ1) is 58.7. The molecule has 2 aromatic rings. The highest BCUT2D eigenvalue weighted by Crippen LogP contribution is 2.57. The quantitative estimate of drug-likeness (QED) is 0.0501. The second kappa shape index (κ2) is 30.2. The summed E-state index contributed by atoms with van der Waals surface area (Å²) in [5, 5.41) is 0. The van der Waals surface area contributed by atoms with Crippen molar-refractivity contribution in [1.82, 2.24) is 0 Å². The average molecular weight is 936 g/mol. The van der Waals surface area contributed by atoms with Crippen LogP contribution in [0.1, 0.15) is 335 Å². The van der Waals surface area contributed by atoms with Gasteiger partial charge in [0.25, 0.3) is 0 Å². The fraction of sp³-hybridized carbons (Fsp3) is 0.806. The molecule has 66 heavy (non-hydrogen) atoms. The standard InChI is InChI=1S/C62H108FO2P/c1-14-18-22-26-30-34-38-42-59(6,7)51-46-53-50(5)54-47-52(60(8,9)43-39-35-31-27-23-19-15-2)49-56(62(12,13)45-41-37-33-29-25-21-17-4)58(54)65-66(63)64-57(53)55(48-51)61(10,11)44-40-36-32-28-24-20-16-3/h46-50H,14-45H2,1-13H3. The van der Waals surface area contributed by atoms with Gasteiger partial charge >= 0.3 is 8.69 Å². The van der Waals surface area contributed by atoms with Gasteiger partial charge in [-0.15, -0.1) is 4.20 Å². The molecule has 0 aromatic heterocycles. The zero-order valence-electron chi connectivity index (χ0n) is 46.2. The van der Waals surface area contributed by atoms with E-state index in [1.54, 1.807) is 0 Å². The van der Waals surface area contributed by atoms with Crippen molar-refractivity contribution in [1.29, 1.82) is 0 Å². The number of hydrogen-bond acceptors (Lipinski definition) is 2. The van der Waals surface area contributed by atoms with E-state index in [0.29, 0.717) is 0 Å². The van der Waals surface area contributed by atoms with Crippen molar-refractivity contribution in [3.05, 3.63) is 57.6 Å². The highest BCUT2D eigenvalue weighted by molar-refractivity contribution is 7.42. The fourth-order valence-electron chi connectivity index (χ4n) is 10.9. The molecule has 0 N–H and O–H groups in total. The number of halogens is 1. The maximum Gasteiger partial charge on any atom is 0.505 e. The number of unbranched alkanes of at least 4 members (excludes halogenated alkanes) is 24. The van der Waals surface area contributed by atoms with Gasteiger partial charge < -0.3 is 9.05 Å². The largest absolute Gasteiger partial charge is 0.505 e. The minimum atomic E-state index is -2.72. The lowest BCUT2D eigenvalue weighted by Gasteiger charge is -2.37. The number of benzene rings is 2. The zero-order chi connectivity index (χ0) is 48.6. The van der Waals surface area contributed by atoms with Gasteiger partial charge in [0.15, 0.2) is 0 Å². The van der Waals surface area contributed by atoms with Gasteiger partial charge in [0.1, 0.15) is 11.5 Å². The van der Waals surface area contributed by atoms with Gasteiger partial charge in [-0.3, -0.25) is 0 Å². The molecule has 2 nitrogen and oxygen atoms in total. The Morgan fingerprint density at radius 3 is 0.894 bits per heavy atom. The Labute approximate surface area is 412 Å². The summed E-state index contributed by atoms with van der Waals surface area (Å²) in [6.07, 6.45) is 40.8. The van der Waals surface area contributed by atoms with Crippen LogP contribution in [-0.4, -0.2) is 0 Å². The van der Waals surface area contributed by atoms with Gasteiger partial charge in [0, 0.05) is 28.2 Å². The Hall–Kier alpha value is -1.60. The average Bonchev–Trinajstić information content (AvgIpc) is 3.26. The van der Waals surface area contributed by atoms with E-state index >= 15 is 4.20 Å². The summed E-state index contributed by atoms with van der Waals surface area (Å²) in [5.74, 6) is 1.48. The molecule has 4 heteroatoms. The second-order valence-corrected chi connectivity index (χ2v) is 24.8. The molecule has 0 fully saturated rings. The van der Waals surface area contributed by atoms with E-state index in [2.05, 4.69) is 114 Å². The first-order chi connectivity index (χ1) is 31.5. The number of fused-ring (bicyclic) bond motifs is 2. The molecule has 0 saturated heterocycles. The summed E-state index contributed by atoms with van der Waals surface area (Å²) in [6, 6.07) is 9.79. The first-order valence-electron chi connectivity index (χ1n) is 28.6. The van der Waals surface area contributed by atoms with E-state index in [1.165, 1.54) is 202 Å². The molecule has 0 radical (unpaired) electrons.